The summed E-state index contributed by atoms with van der Waals surface area (Å²) in [4.78, 5) is 10.4. The molecule has 3 N–H and O–H groups in total. The van der Waals surface area contributed by atoms with Crippen LogP contribution in [0.2, 0.25) is 0 Å². The Kier molecular flexibility index (Phi) is 3.48. The second kappa shape index (κ2) is 5.46. The molecule has 0 aliphatic heterocycles. The van der Waals surface area contributed by atoms with Crippen molar-refractivity contribution in [1.29, 1.82) is 0 Å². The molecule has 1 atom stereocenters. The summed E-state index contributed by atoms with van der Waals surface area (Å²) in [5, 5.41) is 22.9. The topological polar surface area (TPSA) is 89.4 Å². The Morgan fingerprint density at radius 2 is 1.82 bits per heavy atom. The maximum absolute atomic E-state index is 10.9. The van der Waals surface area contributed by atoms with E-state index in [1.807, 2.05) is 30.3 Å². The molecule has 0 fully saturated rings. The van der Waals surface area contributed by atoms with E-state index in [1.165, 1.54) is 12.1 Å². The molecule has 3 aromatic rings. The Morgan fingerprint density at radius 1 is 1.05 bits per heavy atom. The average molecular weight is 294 g/mol. The zero-order chi connectivity index (χ0) is 15.7. The number of hydrogen-bond donors (Lipinski definition) is 2. The van der Waals surface area contributed by atoms with E-state index in [2.05, 4.69) is 0 Å². The van der Waals surface area contributed by atoms with Gasteiger partial charge in [-0.25, -0.2) is 0 Å². The third kappa shape index (κ3) is 2.38. The molecule has 5 heteroatoms. The van der Waals surface area contributed by atoms with Crippen LogP contribution in [-0.2, 0) is 0 Å². The summed E-state index contributed by atoms with van der Waals surface area (Å²) < 4.78 is 0. The fourth-order valence-corrected chi connectivity index (χ4v) is 2.61. The van der Waals surface area contributed by atoms with Crippen LogP contribution in [0.15, 0.2) is 60.7 Å². The summed E-state index contributed by atoms with van der Waals surface area (Å²) in [6.45, 7) is 0. The van der Waals surface area contributed by atoms with Gasteiger partial charge in [-0.05, 0) is 22.4 Å². The Bertz CT molecular complexity index is 861. The van der Waals surface area contributed by atoms with E-state index in [-0.39, 0.29) is 11.4 Å². The molecule has 0 bridgehead atoms. The Labute approximate surface area is 126 Å². The van der Waals surface area contributed by atoms with Crippen LogP contribution >= 0.6 is 0 Å². The first-order chi connectivity index (χ1) is 10.6. The van der Waals surface area contributed by atoms with Crippen molar-refractivity contribution in [3.05, 3.63) is 81.9 Å². The van der Waals surface area contributed by atoms with Crippen molar-refractivity contribution in [2.24, 2.45) is 5.73 Å². The molecule has 0 saturated heterocycles. The molecule has 3 rings (SSSR count). The SMILES string of the molecule is N[C@H](c1cccc([N+](=O)[O-])c1)c1c(O)ccc2ccccc12. The first-order valence-electron chi connectivity index (χ1n) is 6.78. The third-order valence-electron chi connectivity index (χ3n) is 3.70. The molecular formula is C17H14N2O3. The predicted octanol–water partition coefficient (Wildman–Crippen LogP) is 3.50. The molecule has 22 heavy (non-hydrogen) atoms. The summed E-state index contributed by atoms with van der Waals surface area (Å²) in [7, 11) is 0. The number of nitro benzene ring substituents is 1. The van der Waals surface area contributed by atoms with Gasteiger partial charge in [-0.2, -0.15) is 0 Å². The number of phenolic OH excluding ortho intramolecular Hbond substituents is 1. The summed E-state index contributed by atoms with van der Waals surface area (Å²) in [5.74, 6) is 0.0812. The lowest BCUT2D eigenvalue weighted by Gasteiger charge is -2.16. The van der Waals surface area contributed by atoms with E-state index in [1.54, 1.807) is 18.2 Å². The van der Waals surface area contributed by atoms with Crippen LogP contribution in [0.4, 0.5) is 5.69 Å². The van der Waals surface area contributed by atoms with Crippen molar-refractivity contribution >= 4 is 16.5 Å². The lowest BCUT2D eigenvalue weighted by molar-refractivity contribution is -0.384. The van der Waals surface area contributed by atoms with Crippen molar-refractivity contribution in [3.8, 4) is 5.75 Å². The number of benzene rings is 3. The minimum absolute atomic E-state index is 0.0207. The van der Waals surface area contributed by atoms with Gasteiger partial charge in [0.05, 0.1) is 11.0 Å². The number of fused-ring (bicyclic) bond motifs is 1. The van der Waals surface area contributed by atoms with Crippen LogP contribution in [0.3, 0.4) is 0 Å². The molecule has 0 heterocycles. The monoisotopic (exact) mass is 294 g/mol. The molecule has 3 aromatic carbocycles. The van der Waals surface area contributed by atoms with Gasteiger partial charge in [0.2, 0.25) is 0 Å². The van der Waals surface area contributed by atoms with Gasteiger partial charge in [0.15, 0.2) is 0 Å². The number of nitrogens with zero attached hydrogens (tertiary/aromatic N) is 1. The second-order valence-corrected chi connectivity index (χ2v) is 5.05. The average Bonchev–Trinajstić information content (AvgIpc) is 2.54. The van der Waals surface area contributed by atoms with Crippen LogP contribution < -0.4 is 5.73 Å². The van der Waals surface area contributed by atoms with Gasteiger partial charge in [0.1, 0.15) is 5.75 Å². The van der Waals surface area contributed by atoms with Crippen LogP contribution in [-0.4, -0.2) is 10.0 Å². The second-order valence-electron chi connectivity index (χ2n) is 5.05. The first kappa shape index (κ1) is 14.0. The van der Waals surface area contributed by atoms with Crippen molar-refractivity contribution in [3.63, 3.8) is 0 Å². The number of nitro groups is 1. The predicted molar refractivity (Wildman–Crippen MR) is 84.7 cm³/mol. The summed E-state index contributed by atoms with van der Waals surface area (Å²) in [6.07, 6.45) is 0. The molecule has 0 amide bonds. The molecule has 0 saturated carbocycles. The highest BCUT2D eigenvalue weighted by Crippen LogP contribution is 2.35. The smallest absolute Gasteiger partial charge is 0.269 e. The fourth-order valence-electron chi connectivity index (χ4n) is 2.61. The van der Waals surface area contributed by atoms with Crippen LogP contribution in [0.5, 0.6) is 5.75 Å². The molecule has 5 nitrogen and oxygen atoms in total. The summed E-state index contributed by atoms with van der Waals surface area (Å²) >= 11 is 0. The minimum atomic E-state index is -0.647. The highest BCUT2D eigenvalue weighted by molar-refractivity contribution is 5.88. The Balaban J connectivity index is 2.17. The lowest BCUT2D eigenvalue weighted by atomic mass is 9.93. The lowest BCUT2D eigenvalue weighted by Crippen LogP contribution is -2.13. The van der Waals surface area contributed by atoms with Gasteiger partial charge >= 0.3 is 0 Å². The van der Waals surface area contributed by atoms with E-state index in [0.29, 0.717) is 11.1 Å². The number of nitrogens with two attached hydrogens (primary N) is 1. The normalized spacial score (nSPS) is 12.2. The maximum atomic E-state index is 10.9. The van der Waals surface area contributed by atoms with Crippen molar-refractivity contribution < 1.29 is 10.0 Å². The quantitative estimate of drug-likeness (QED) is 0.571. The molecule has 0 unspecified atom stereocenters. The Hall–Kier alpha value is -2.92. The van der Waals surface area contributed by atoms with E-state index in [0.717, 1.165) is 10.8 Å². The van der Waals surface area contributed by atoms with Gasteiger partial charge in [0, 0.05) is 17.7 Å². The summed E-state index contributed by atoms with van der Waals surface area (Å²) in [6, 6.07) is 16.5. The first-order valence-corrected chi connectivity index (χ1v) is 6.78. The zero-order valence-corrected chi connectivity index (χ0v) is 11.6. The van der Waals surface area contributed by atoms with E-state index >= 15 is 0 Å². The van der Waals surface area contributed by atoms with Gasteiger partial charge < -0.3 is 10.8 Å². The van der Waals surface area contributed by atoms with Crippen molar-refractivity contribution in [1.82, 2.24) is 0 Å². The molecule has 0 spiro atoms. The third-order valence-corrected chi connectivity index (χ3v) is 3.70. The number of aromatic hydroxyl groups is 1. The van der Waals surface area contributed by atoms with Gasteiger partial charge in [0.25, 0.3) is 5.69 Å². The highest BCUT2D eigenvalue weighted by atomic mass is 16.6. The molecule has 0 aromatic heterocycles. The van der Waals surface area contributed by atoms with Crippen molar-refractivity contribution in [2.45, 2.75) is 6.04 Å². The molecule has 0 radical (unpaired) electrons. The number of hydrogen-bond acceptors (Lipinski definition) is 4. The number of rotatable bonds is 3. The van der Waals surface area contributed by atoms with Crippen LogP contribution in [0.25, 0.3) is 10.8 Å². The fraction of sp³-hybridized carbons (Fsp3) is 0.0588. The van der Waals surface area contributed by atoms with E-state index in [4.69, 9.17) is 5.73 Å². The van der Waals surface area contributed by atoms with Crippen molar-refractivity contribution in [2.75, 3.05) is 0 Å². The van der Waals surface area contributed by atoms with Crippen LogP contribution in [0.1, 0.15) is 17.2 Å². The minimum Gasteiger partial charge on any atom is -0.508 e. The largest absolute Gasteiger partial charge is 0.508 e. The van der Waals surface area contributed by atoms with Gasteiger partial charge in [-0.1, -0.05) is 42.5 Å². The molecule has 110 valence electrons. The zero-order valence-electron chi connectivity index (χ0n) is 11.6. The highest BCUT2D eigenvalue weighted by Gasteiger charge is 2.18. The van der Waals surface area contributed by atoms with Gasteiger partial charge in [-0.3, -0.25) is 10.1 Å². The standard InChI is InChI=1S/C17H14N2O3/c18-17(12-5-3-6-13(10-12)19(21)22)16-14-7-2-1-4-11(14)8-9-15(16)20/h1-10,17,20H,18H2/t17-/m1/s1. The molecular weight excluding hydrogens is 280 g/mol. The van der Waals surface area contributed by atoms with Crippen LogP contribution in [0, 0.1) is 10.1 Å². The Morgan fingerprint density at radius 3 is 2.59 bits per heavy atom. The molecule has 0 aliphatic carbocycles. The number of phenols is 1. The van der Waals surface area contributed by atoms with E-state index in [9.17, 15) is 15.2 Å². The van der Waals surface area contributed by atoms with Gasteiger partial charge in [-0.15, -0.1) is 0 Å². The summed E-state index contributed by atoms with van der Waals surface area (Å²) in [5.41, 5.74) is 7.40. The molecule has 0 aliphatic rings. The number of non-ortho nitro benzene ring substituents is 1. The van der Waals surface area contributed by atoms with E-state index < -0.39 is 11.0 Å². The maximum Gasteiger partial charge on any atom is 0.269 e.